The molecule has 2 rings (SSSR count). The minimum absolute atomic E-state index is 0.160. The van der Waals surface area contributed by atoms with Gasteiger partial charge in [-0.15, -0.1) is 0 Å². The third-order valence-electron chi connectivity index (χ3n) is 4.16. The fraction of sp³-hybridized carbons (Fsp3) is 0.250. The number of carbonyl (C=O) groups is 3. The zero-order valence-corrected chi connectivity index (χ0v) is 14.8. The average molecular weight is 354 g/mol. The van der Waals surface area contributed by atoms with Crippen LogP contribution in [0.2, 0.25) is 0 Å². The number of hydrogen-bond acceptors (Lipinski definition) is 3. The molecule has 0 bridgehead atoms. The van der Waals surface area contributed by atoms with Crippen LogP contribution in [-0.4, -0.2) is 29.4 Å². The smallest absolute Gasteiger partial charge is 0.330 e. The molecule has 0 aromatic heterocycles. The molecular weight excluding hydrogens is 332 g/mol. The summed E-state index contributed by atoms with van der Waals surface area (Å²) in [6.07, 6.45) is 0.160. The summed E-state index contributed by atoms with van der Waals surface area (Å²) in [7, 11) is 0. The Kier molecular flexibility index (Phi) is 6.49. The number of amides is 2. The maximum Gasteiger partial charge on any atom is 0.330 e. The zero-order valence-electron chi connectivity index (χ0n) is 14.8. The molecule has 136 valence electrons. The Balaban J connectivity index is 1.95. The molecule has 0 heterocycles. The lowest BCUT2D eigenvalue weighted by molar-refractivity contribution is -0.142. The van der Waals surface area contributed by atoms with Crippen molar-refractivity contribution in [3.05, 3.63) is 70.8 Å². The summed E-state index contributed by atoms with van der Waals surface area (Å²) in [5.74, 6) is -2.01. The first kappa shape index (κ1) is 19.2. The molecule has 1 unspecified atom stereocenters. The first-order chi connectivity index (χ1) is 12.4. The van der Waals surface area contributed by atoms with Crippen LogP contribution in [0.25, 0.3) is 0 Å². The molecule has 6 nitrogen and oxygen atoms in total. The number of carboxylic acids is 1. The van der Waals surface area contributed by atoms with Crippen molar-refractivity contribution < 1.29 is 19.5 Å². The number of nitrogens with one attached hydrogen (secondary N) is 2. The van der Waals surface area contributed by atoms with Crippen LogP contribution in [0.1, 0.15) is 28.3 Å². The van der Waals surface area contributed by atoms with E-state index in [9.17, 15) is 19.5 Å². The predicted molar refractivity (Wildman–Crippen MR) is 97.6 cm³/mol. The number of carbonyl (C=O) groups excluding carboxylic acids is 2. The van der Waals surface area contributed by atoms with Crippen LogP contribution in [0, 0.1) is 13.8 Å². The monoisotopic (exact) mass is 354 g/mol. The molecule has 0 fully saturated rings. The minimum Gasteiger partial charge on any atom is -0.479 e. The molecular formula is C20H22N2O4. The second kappa shape index (κ2) is 8.80. The number of aryl methyl sites for hydroxylation is 1. The molecule has 0 radical (unpaired) electrons. The van der Waals surface area contributed by atoms with Gasteiger partial charge in [-0.25, -0.2) is 4.79 Å². The minimum atomic E-state index is -1.16. The molecule has 0 spiro atoms. The van der Waals surface area contributed by atoms with Gasteiger partial charge in [-0.2, -0.15) is 0 Å². The van der Waals surface area contributed by atoms with Crippen molar-refractivity contribution in [1.82, 2.24) is 10.6 Å². The quantitative estimate of drug-likeness (QED) is 0.708. The normalized spacial score (nSPS) is 11.5. The van der Waals surface area contributed by atoms with Gasteiger partial charge in [0.1, 0.15) is 0 Å². The summed E-state index contributed by atoms with van der Waals surface area (Å²) in [6.45, 7) is 3.41. The number of rotatable bonds is 7. The van der Waals surface area contributed by atoms with Gasteiger partial charge in [0, 0.05) is 0 Å². The number of hydrogen-bond donors (Lipinski definition) is 3. The molecule has 0 saturated heterocycles. The van der Waals surface area contributed by atoms with Gasteiger partial charge in [0.2, 0.25) is 11.8 Å². The Morgan fingerprint density at radius 1 is 0.962 bits per heavy atom. The van der Waals surface area contributed by atoms with E-state index < -0.39 is 17.9 Å². The van der Waals surface area contributed by atoms with E-state index in [4.69, 9.17) is 0 Å². The lowest BCUT2D eigenvalue weighted by Gasteiger charge is -2.18. The summed E-state index contributed by atoms with van der Waals surface area (Å²) >= 11 is 0. The highest BCUT2D eigenvalue weighted by Gasteiger charge is 2.24. The highest BCUT2D eigenvalue weighted by atomic mass is 16.4. The summed E-state index contributed by atoms with van der Waals surface area (Å²) in [4.78, 5) is 35.6. The highest BCUT2D eigenvalue weighted by molar-refractivity contribution is 5.89. The molecule has 1 atom stereocenters. The Morgan fingerprint density at radius 2 is 1.65 bits per heavy atom. The molecule has 2 aromatic rings. The first-order valence-corrected chi connectivity index (χ1v) is 8.27. The summed E-state index contributed by atoms with van der Waals surface area (Å²) in [6, 6.07) is 13.3. The van der Waals surface area contributed by atoms with E-state index in [1.54, 1.807) is 12.1 Å². The Bertz CT molecular complexity index is 803. The van der Waals surface area contributed by atoms with Crippen LogP contribution in [0.5, 0.6) is 0 Å². The zero-order chi connectivity index (χ0) is 19.1. The predicted octanol–water partition coefficient (Wildman–Crippen LogP) is 1.90. The van der Waals surface area contributed by atoms with E-state index in [0.29, 0.717) is 5.56 Å². The molecule has 2 aromatic carbocycles. The van der Waals surface area contributed by atoms with Crippen molar-refractivity contribution in [3.8, 4) is 0 Å². The van der Waals surface area contributed by atoms with Gasteiger partial charge < -0.3 is 15.7 Å². The molecule has 0 aliphatic carbocycles. The number of carboxylic acid groups (broad SMARTS) is 1. The van der Waals surface area contributed by atoms with Crippen molar-refractivity contribution in [2.75, 3.05) is 6.54 Å². The fourth-order valence-corrected chi connectivity index (χ4v) is 2.59. The lowest BCUT2D eigenvalue weighted by Crippen LogP contribution is -2.41. The van der Waals surface area contributed by atoms with Crippen LogP contribution < -0.4 is 10.6 Å². The molecule has 6 heteroatoms. The topological polar surface area (TPSA) is 95.5 Å². The molecule has 0 saturated carbocycles. The van der Waals surface area contributed by atoms with E-state index in [1.807, 2.05) is 50.2 Å². The first-order valence-electron chi connectivity index (χ1n) is 8.27. The maximum atomic E-state index is 12.1. The fourth-order valence-electron chi connectivity index (χ4n) is 2.59. The molecule has 3 N–H and O–H groups in total. The van der Waals surface area contributed by atoms with Crippen molar-refractivity contribution in [2.24, 2.45) is 0 Å². The van der Waals surface area contributed by atoms with E-state index >= 15 is 0 Å². The van der Waals surface area contributed by atoms with E-state index in [0.717, 1.165) is 16.7 Å². The molecule has 0 aliphatic rings. The van der Waals surface area contributed by atoms with Crippen LogP contribution >= 0.6 is 0 Å². The second-order valence-corrected chi connectivity index (χ2v) is 6.07. The molecule has 26 heavy (non-hydrogen) atoms. The van der Waals surface area contributed by atoms with E-state index in [2.05, 4.69) is 10.6 Å². The van der Waals surface area contributed by atoms with Gasteiger partial charge in [-0.05, 0) is 36.1 Å². The SMILES string of the molecule is Cc1cccc(C(NC(=O)CNC(=O)Cc2ccccc2)C(=O)O)c1C. The summed E-state index contributed by atoms with van der Waals surface area (Å²) in [5, 5.41) is 14.4. The van der Waals surface area contributed by atoms with Crippen molar-refractivity contribution >= 4 is 17.8 Å². The van der Waals surface area contributed by atoms with Crippen LogP contribution in [0.3, 0.4) is 0 Å². The summed E-state index contributed by atoms with van der Waals surface area (Å²) in [5.41, 5.74) is 3.12. The van der Waals surface area contributed by atoms with Crippen molar-refractivity contribution in [2.45, 2.75) is 26.3 Å². The van der Waals surface area contributed by atoms with Crippen LogP contribution in [-0.2, 0) is 20.8 Å². The Morgan fingerprint density at radius 3 is 2.31 bits per heavy atom. The standard InChI is InChI=1S/C20H22N2O4/c1-13-7-6-10-16(14(13)2)19(20(25)26)22-18(24)12-21-17(23)11-15-8-4-3-5-9-15/h3-10,19H,11-12H2,1-2H3,(H,21,23)(H,22,24)(H,25,26). The Hall–Kier alpha value is -3.15. The second-order valence-electron chi connectivity index (χ2n) is 6.07. The van der Waals surface area contributed by atoms with Crippen molar-refractivity contribution in [1.29, 1.82) is 0 Å². The number of benzene rings is 2. The maximum absolute atomic E-state index is 12.1. The largest absolute Gasteiger partial charge is 0.479 e. The van der Waals surface area contributed by atoms with Gasteiger partial charge in [-0.1, -0.05) is 48.5 Å². The van der Waals surface area contributed by atoms with Crippen LogP contribution in [0.4, 0.5) is 0 Å². The van der Waals surface area contributed by atoms with E-state index in [1.165, 1.54) is 0 Å². The van der Waals surface area contributed by atoms with Gasteiger partial charge in [0.25, 0.3) is 0 Å². The third-order valence-corrected chi connectivity index (χ3v) is 4.16. The lowest BCUT2D eigenvalue weighted by atomic mass is 9.97. The van der Waals surface area contributed by atoms with Gasteiger partial charge >= 0.3 is 5.97 Å². The average Bonchev–Trinajstić information content (AvgIpc) is 2.61. The van der Waals surface area contributed by atoms with E-state index in [-0.39, 0.29) is 18.9 Å². The van der Waals surface area contributed by atoms with Gasteiger partial charge in [-0.3, -0.25) is 9.59 Å². The van der Waals surface area contributed by atoms with Gasteiger partial charge in [0.05, 0.1) is 13.0 Å². The summed E-state index contributed by atoms with van der Waals surface area (Å²) < 4.78 is 0. The number of aliphatic carboxylic acids is 1. The van der Waals surface area contributed by atoms with Crippen LogP contribution in [0.15, 0.2) is 48.5 Å². The molecule has 0 aliphatic heterocycles. The van der Waals surface area contributed by atoms with Gasteiger partial charge in [0.15, 0.2) is 6.04 Å². The highest BCUT2D eigenvalue weighted by Crippen LogP contribution is 2.20. The van der Waals surface area contributed by atoms with Crippen molar-refractivity contribution in [3.63, 3.8) is 0 Å². The Labute approximate surface area is 152 Å². The third kappa shape index (κ3) is 5.17. The molecule has 2 amide bonds.